The molecule has 0 amide bonds. The van der Waals surface area contributed by atoms with Crippen molar-refractivity contribution in [2.75, 3.05) is 31.6 Å². The van der Waals surface area contributed by atoms with Crippen molar-refractivity contribution in [3.8, 4) is 11.3 Å². The summed E-state index contributed by atoms with van der Waals surface area (Å²) in [6.45, 7) is 3.12. The maximum absolute atomic E-state index is 4.82. The molecular weight excluding hydrogens is 296 g/mol. The molecule has 4 nitrogen and oxygen atoms in total. The van der Waals surface area contributed by atoms with Gasteiger partial charge in [-0.2, -0.15) is 0 Å². The van der Waals surface area contributed by atoms with Crippen LogP contribution in [0, 0.1) is 5.92 Å². The van der Waals surface area contributed by atoms with Gasteiger partial charge in [0, 0.05) is 24.8 Å². The van der Waals surface area contributed by atoms with Crippen molar-refractivity contribution >= 4 is 16.7 Å². The molecular formula is C20H22N4. The molecule has 1 aliphatic heterocycles. The number of fused-ring (bicyclic) bond motifs is 1. The first kappa shape index (κ1) is 15.1. The van der Waals surface area contributed by atoms with Crippen LogP contribution in [-0.2, 0) is 0 Å². The number of aromatic nitrogens is 2. The maximum atomic E-state index is 4.82. The van der Waals surface area contributed by atoms with Crippen LogP contribution >= 0.6 is 0 Å². The molecule has 0 radical (unpaired) electrons. The van der Waals surface area contributed by atoms with Crippen molar-refractivity contribution in [2.24, 2.45) is 5.92 Å². The fraction of sp³-hybridized carbons (Fsp3) is 0.300. The molecule has 1 aliphatic rings. The van der Waals surface area contributed by atoms with Gasteiger partial charge in [-0.3, -0.25) is 0 Å². The SMILES string of the molecule is CNC[C@@H]1CCN(c2nccc(-c3ccc4ccccc4c3)n2)C1. The van der Waals surface area contributed by atoms with Crippen LogP contribution < -0.4 is 10.2 Å². The summed E-state index contributed by atoms with van der Waals surface area (Å²) in [5.41, 5.74) is 2.13. The van der Waals surface area contributed by atoms with Crippen molar-refractivity contribution in [2.45, 2.75) is 6.42 Å². The molecule has 2 heterocycles. The first-order chi connectivity index (χ1) is 11.8. The van der Waals surface area contributed by atoms with Gasteiger partial charge in [-0.25, -0.2) is 9.97 Å². The van der Waals surface area contributed by atoms with Gasteiger partial charge in [-0.05, 0) is 48.8 Å². The van der Waals surface area contributed by atoms with Crippen molar-refractivity contribution in [3.63, 3.8) is 0 Å². The number of nitrogens with zero attached hydrogens (tertiary/aromatic N) is 3. The van der Waals surface area contributed by atoms with Crippen LogP contribution in [0.15, 0.2) is 54.7 Å². The molecule has 0 aliphatic carbocycles. The van der Waals surface area contributed by atoms with Gasteiger partial charge in [0.25, 0.3) is 0 Å². The Morgan fingerprint density at radius 2 is 2.00 bits per heavy atom. The zero-order chi connectivity index (χ0) is 16.4. The van der Waals surface area contributed by atoms with Gasteiger partial charge >= 0.3 is 0 Å². The second kappa shape index (κ2) is 6.57. The molecule has 24 heavy (non-hydrogen) atoms. The van der Waals surface area contributed by atoms with Crippen LogP contribution in [0.5, 0.6) is 0 Å². The summed E-state index contributed by atoms with van der Waals surface area (Å²) in [4.78, 5) is 11.6. The van der Waals surface area contributed by atoms with E-state index >= 15 is 0 Å². The third-order valence-corrected chi connectivity index (χ3v) is 4.75. The molecule has 0 unspecified atom stereocenters. The summed E-state index contributed by atoms with van der Waals surface area (Å²) in [5.74, 6) is 1.53. The number of rotatable bonds is 4. The molecule has 122 valence electrons. The van der Waals surface area contributed by atoms with E-state index in [4.69, 9.17) is 4.98 Å². The Morgan fingerprint density at radius 1 is 1.12 bits per heavy atom. The Kier molecular flexibility index (Phi) is 4.13. The van der Waals surface area contributed by atoms with Crippen molar-refractivity contribution in [1.29, 1.82) is 0 Å². The summed E-state index contributed by atoms with van der Waals surface area (Å²) in [5, 5.41) is 5.76. The molecule has 2 aromatic carbocycles. The van der Waals surface area contributed by atoms with Gasteiger partial charge in [0.2, 0.25) is 5.95 Å². The lowest BCUT2D eigenvalue weighted by molar-refractivity contribution is 0.548. The fourth-order valence-corrected chi connectivity index (χ4v) is 3.48. The van der Waals surface area contributed by atoms with E-state index in [1.54, 1.807) is 0 Å². The molecule has 1 aromatic heterocycles. The maximum Gasteiger partial charge on any atom is 0.225 e. The number of nitrogens with one attached hydrogen (secondary N) is 1. The molecule has 4 rings (SSSR count). The summed E-state index contributed by atoms with van der Waals surface area (Å²) >= 11 is 0. The lowest BCUT2D eigenvalue weighted by atomic mass is 10.1. The predicted molar refractivity (Wildman–Crippen MR) is 99.2 cm³/mol. The molecule has 0 bridgehead atoms. The first-order valence-electron chi connectivity index (χ1n) is 8.55. The van der Waals surface area contributed by atoms with E-state index in [0.717, 1.165) is 36.8 Å². The van der Waals surface area contributed by atoms with Crippen LogP contribution in [0.3, 0.4) is 0 Å². The summed E-state index contributed by atoms with van der Waals surface area (Å²) in [6.07, 6.45) is 3.07. The smallest absolute Gasteiger partial charge is 0.225 e. The largest absolute Gasteiger partial charge is 0.340 e. The summed E-state index contributed by atoms with van der Waals surface area (Å²) in [6, 6.07) is 16.9. The highest BCUT2D eigenvalue weighted by Crippen LogP contribution is 2.26. The number of hydrogen-bond acceptors (Lipinski definition) is 4. The van der Waals surface area contributed by atoms with E-state index in [0.29, 0.717) is 5.92 Å². The standard InChI is InChI=1S/C20H22N4/c1-21-13-15-9-11-24(14-15)20-22-10-8-19(23-20)18-7-6-16-4-2-3-5-17(16)12-18/h2-8,10,12,15,21H,9,11,13-14H2,1H3/t15-/m0/s1. The average molecular weight is 318 g/mol. The fourth-order valence-electron chi connectivity index (χ4n) is 3.48. The lowest BCUT2D eigenvalue weighted by Gasteiger charge is -2.17. The molecule has 1 fully saturated rings. The van der Waals surface area contributed by atoms with Crippen LogP contribution in [0.4, 0.5) is 5.95 Å². The van der Waals surface area contributed by atoms with Gasteiger partial charge in [0.05, 0.1) is 5.69 Å². The molecule has 1 saturated heterocycles. The molecule has 1 atom stereocenters. The topological polar surface area (TPSA) is 41.0 Å². The predicted octanol–water partition coefficient (Wildman–Crippen LogP) is 3.34. The average Bonchev–Trinajstić information content (AvgIpc) is 3.10. The zero-order valence-electron chi connectivity index (χ0n) is 13.9. The number of anilines is 1. The van der Waals surface area contributed by atoms with E-state index in [2.05, 4.69) is 57.7 Å². The normalized spacial score (nSPS) is 17.5. The molecule has 1 N–H and O–H groups in total. The highest BCUT2D eigenvalue weighted by atomic mass is 15.3. The molecule has 3 aromatic rings. The van der Waals surface area contributed by atoms with Gasteiger partial charge < -0.3 is 10.2 Å². The monoisotopic (exact) mass is 318 g/mol. The van der Waals surface area contributed by atoms with E-state index in [1.165, 1.54) is 17.2 Å². The van der Waals surface area contributed by atoms with E-state index in [9.17, 15) is 0 Å². The zero-order valence-corrected chi connectivity index (χ0v) is 13.9. The van der Waals surface area contributed by atoms with Crippen LogP contribution in [0.2, 0.25) is 0 Å². The lowest BCUT2D eigenvalue weighted by Crippen LogP contribution is -2.25. The minimum absolute atomic E-state index is 0.683. The molecule has 4 heteroatoms. The highest BCUT2D eigenvalue weighted by molar-refractivity contribution is 5.86. The Hall–Kier alpha value is -2.46. The van der Waals surface area contributed by atoms with Crippen molar-refractivity contribution in [3.05, 3.63) is 54.7 Å². The summed E-state index contributed by atoms with van der Waals surface area (Å²) in [7, 11) is 2.01. The molecule has 0 spiro atoms. The van der Waals surface area contributed by atoms with Crippen LogP contribution in [0.1, 0.15) is 6.42 Å². The van der Waals surface area contributed by atoms with E-state index in [-0.39, 0.29) is 0 Å². The minimum Gasteiger partial charge on any atom is -0.340 e. The number of benzene rings is 2. The number of hydrogen-bond donors (Lipinski definition) is 1. The van der Waals surface area contributed by atoms with Gasteiger partial charge in [-0.1, -0.05) is 36.4 Å². The first-order valence-corrected chi connectivity index (χ1v) is 8.55. The third kappa shape index (κ3) is 2.97. The quantitative estimate of drug-likeness (QED) is 0.801. The summed E-state index contributed by atoms with van der Waals surface area (Å²) < 4.78 is 0. The van der Waals surface area contributed by atoms with Gasteiger partial charge in [0.15, 0.2) is 0 Å². The van der Waals surface area contributed by atoms with Gasteiger partial charge in [-0.15, -0.1) is 0 Å². The van der Waals surface area contributed by atoms with Crippen LogP contribution in [-0.4, -0.2) is 36.6 Å². The highest BCUT2D eigenvalue weighted by Gasteiger charge is 2.23. The molecule has 0 saturated carbocycles. The minimum atomic E-state index is 0.683. The second-order valence-electron chi connectivity index (χ2n) is 6.46. The Labute approximate surface area is 142 Å². The van der Waals surface area contributed by atoms with Crippen molar-refractivity contribution in [1.82, 2.24) is 15.3 Å². The third-order valence-electron chi connectivity index (χ3n) is 4.75. The van der Waals surface area contributed by atoms with E-state index < -0.39 is 0 Å². The Morgan fingerprint density at radius 3 is 2.88 bits per heavy atom. The Balaban J connectivity index is 1.62. The van der Waals surface area contributed by atoms with E-state index in [1.807, 2.05) is 19.3 Å². The Bertz CT molecular complexity index is 846. The van der Waals surface area contributed by atoms with Gasteiger partial charge in [0.1, 0.15) is 0 Å². The van der Waals surface area contributed by atoms with Crippen LogP contribution in [0.25, 0.3) is 22.0 Å². The van der Waals surface area contributed by atoms with Crippen molar-refractivity contribution < 1.29 is 0 Å². The second-order valence-corrected chi connectivity index (χ2v) is 6.46.